The van der Waals surface area contributed by atoms with Gasteiger partial charge in [-0.15, -0.1) is 0 Å². The lowest BCUT2D eigenvalue weighted by Gasteiger charge is -2.14. The third-order valence-corrected chi connectivity index (χ3v) is 9.28. The van der Waals surface area contributed by atoms with Crippen molar-refractivity contribution in [1.29, 1.82) is 0 Å². The molecular formula is C31H37N3O2S3. The average Bonchev–Trinajstić information content (AvgIpc) is 3.20. The molecule has 0 bridgehead atoms. The number of nitrogens with zero attached hydrogens (tertiary/aromatic N) is 3. The van der Waals surface area contributed by atoms with E-state index in [9.17, 15) is 9.59 Å². The second-order valence-electron chi connectivity index (χ2n) is 9.95. The molecule has 0 N–H and O–H groups in total. The summed E-state index contributed by atoms with van der Waals surface area (Å²) >= 11 is 8.27. The number of pyridine rings is 1. The Morgan fingerprint density at radius 1 is 0.923 bits per heavy atom. The first-order valence-electron chi connectivity index (χ1n) is 14.0. The number of amides is 1. The number of hydrogen-bond acceptors (Lipinski definition) is 6. The van der Waals surface area contributed by atoms with E-state index >= 15 is 0 Å². The molecule has 1 aliphatic heterocycles. The van der Waals surface area contributed by atoms with Gasteiger partial charge in [0.15, 0.2) is 0 Å². The van der Waals surface area contributed by atoms with Crippen LogP contribution in [0.4, 0.5) is 0 Å². The topological polar surface area (TPSA) is 54.7 Å². The predicted octanol–water partition coefficient (Wildman–Crippen LogP) is 8.28. The molecule has 3 heterocycles. The number of benzene rings is 1. The Balaban J connectivity index is 1.45. The fraction of sp³-hybridized carbons (Fsp3) is 0.419. The van der Waals surface area contributed by atoms with Gasteiger partial charge in [0.05, 0.1) is 10.5 Å². The van der Waals surface area contributed by atoms with E-state index in [1.54, 1.807) is 21.6 Å². The minimum absolute atomic E-state index is 0.120. The average molecular weight is 580 g/mol. The van der Waals surface area contributed by atoms with Crippen molar-refractivity contribution >= 4 is 57.7 Å². The molecule has 0 unspecified atom stereocenters. The first-order valence-corrected chi connectivity index (χ1v) is 16.0. The molecule has 0 radical (unpaired) electrons. The molecule has 3 aromatic rings. The highest BCUT2D eigenvalue weighted by Gasteiger charge is 2.32. The third-order valence-electron chi connectivity index (χ3n) is 6.89. The maximum absolute atomic E-state index is 13.6. The third kappa shape index (κ3) is 7.83. The summed E-state index contributed by atoms with van der Waals surface area (Å²) in [6.07, 6.45) is 15.8. The summed E-state index contributed by atoms with van der Waals surface area (Å²) in [5.41, 5.74) is 1.75. The highest BCUT2D eigenvalue weighted by atomic mass is 32.2. The van der Waals surface area contributed by atoms with Crippen LogP contribution in [0.15, 0.2) is 68.3 Å². The lowest BCUT2D eigenvalue weighted by molar-refractivity contribution is -0.122. The molecule has 0 atom stereocenters. The van der Waals surface area contributed by atoms with E-state index in [1.807, 2.05) is 49.4 Å². The van der Waals surface area contributed by atoms with Gasteiger partial charge < -0.3 is 0 Å². The smallest absolute Gasteiger partial charge is 0.266 e. The molecule has 5 nitrogen and oxygen atoms in total. The van der Waals surface area contributed by atoms with Gasteiger partial charge in [0.25, 0.3) is 11.5 Å². The first-order chi connectivity index (χ1) is 19.0. The first kappa shape index (κ1) is 29.6. The number of rotatable bonds is 14. The van der Waals surface area contributed by atoms with Crippen LogP contribution in [0.5, 0.6) is 0 Å². The molecule has 0 spiro atoms. The van der Waals surface area contributed by atoms with Gasteiger partial charge in [-0.25, -0.2) is 4.98 Å². The van der Waals surface area contributed by atoms with E-state index in [1.165, 1.54) is 74.9 Å². The van der Waals surface area contributed by atoms with Crippen molar-refractivity contribution in [2.45, 2.75) is 88.0 Å². The van der Waals surface area contributed by atoms with E-state index < -0.39 is 0 Å². The molecule has 1 saturated heterocycles. The van der Waals surface area contributed by atoms with Crippen LogP contribution in [-0.4, -0.2) is 31.1 Å². The molecular weight excluding hydrogens is 543 g/mol. The van der Waals surface area contributed by atoms with Crippen LogP contribution in [0.1, 0.15) is 82.3 Å². The minimum atomic E-state index is -0.193. The number of unbranched alkanes of at least 4 members (excludes halogenated alkanes) is 9. The number of hydrogen-bond donors (Lipinski definition) is 0. The van der Waals surface area contributed by atoms with Gasteiger partial charge >= 0.3 is 0 Å². The number of carbonyl (C=O) groups is 1. The molecule has 8 heteroatoms. The van der Waals surface area contributed by atoms with Gasteiger partial charge in [-0.2, -0.15) is 0 Å². The number of aryl methyl sites for hydroxylation is 1. The van der Waals surface area contributed by atoms with E-state index in [2.05, 4.69) is 6.92 Å². The fourth-order valence-electron chi connectivity index (χ4n) is 4.67. The second-order valence-corrected chi connectivity index (χ2v) is 12.7. The number of fused-ring (bicyclic) bond motifs is 1. The Labute approximate surface area is 245 Å². The highest BCUT2D eigenvalue weighted by Crippen LogP contribution is 2.35. The zero-order chi connectivity index (χ0) is 27.6. The summed E-state index contributed by atoms with van der Waals surface area (Å²) in [6.45, 7) is 4.81. The zero-order valence-corrected chi connectivity index (χ0v) is 25.3. The Hall–Kier alpha value is -2.42. The quantitative estimate of drug-likeness (QED) is 0.0829. The summed E-state index contributed by atoms with van der Waals surface area (Å²) in [5.74, 6) is -0.120. The molecule has 1 fully saturated rings. The van der Waals surface area contributed by atoms with Gasteiger partial charge in [-0.05, 0) is 43.2 Å². The standard InChI is InChI=1S/C31H37N3O2S3/c1-3-4-5-6-7-8-9-10-11-15-20-34-30(36)26(39-31(34)37)22-25-28(38-24-18-13-12-14-19-24)32-27-23(2)17-16-21-33(27)29(25)35/h12-14,16-19,21-22H,3-11,15,20H2,1-2H3. The molecule has 206 valence electrons. The van der Waals surface area contributed by atoms with Crippen LogP contribution in [-0.2, 0) is 4.79 Å². The van der Waals surface area contributed by atoms with E-state index in [-0.39, 0.29) is 11.5 Å². The van der Waals surface area contributed by atoms with Gasteiger partial charge in [-0.3, -0.25) is 18.9 Å². The largest absolute Gasteiger partial charge is 0.293 e. The predicted molar refractivity (Wildman–Crippen MR) is 168 cm³/mol. The zero-order valence-electron chi connectivity index (χ0n) is 22.9. The molecule has 2 aromatic heterocycles. The van der Waals surface area contributed by atoms with Crippen molar-refractivity contribution in [2.75, 3.05) is 6.54 Å². The van der Waals surface area contributed by atoms with E-state index in [4.69, 9.17) is 17.2 Å². The fourth-order valence-corrected chi connectivity index (χ4v) is 6.87. The summed E-state index contributed by atoms with van der Waals surface area (Å²) in [6, 6.07) is 13.6. The highest BCUT2D eigenvalue weighted by molar-refractivity contribution is 8.26. The summed E-state index contributed by atoms with van der Waals surface area (Å²) in [5, 5.41) is 0.584. The number of thioether (sulfide) groups is 1. The number of carbonyl (C=O) groups excluding carboxylic acids is 1. The van der Waals surface area contributed by atoms with E-state index in [0.29, 0.717) is 32.0 Å². The molecule has 1 aromatic carbocycles. The second kappa shape index (κ2) is 14.8. The molecule has 39 heavy (non-hydrogen) atoms. The Kier molecular flexibility index (Phi) is 11.2. The normalized spacial score (nSPS) is 14.7. The number of aromatic nitrogens is 2. The summed E-state index contributed by atoms with van der Waals surface area (Å²) in [7, 11) is 0. The van der Waals surface area contributed by atoms with Gasteiger partial charge in [-0.1, -0.05) is 125 Å². The van der Waals surface area contributed by atoms with Crippen molar-refractivity contribution in [1.82, 2.24) is 14.3 Å². The Morgan fingerprint density at radius 2 is 1.59 bits per heavy atom. The minimum Gasteiger partial charge on any atom is -0.293 e. The molecule has 0 saturated carbocycles. The van der Waals surface area contributed by atoms with Gasteiger partial charge in [0, 0.05) is 17.6 Å². The van der Waals surface area contributed by atoms with Crippen molar-refractivity contribution < 1.29 is 4.79 Å². The maximum Gasteiger partial charge on any atom is 0.266 e. The maximum atomic E-state index is 13.6. The van der Waals surface area contributed by atoms with Crippen LogP contribution in [0, 0.1) is 6.92 Å². The van der Waals surface area contributed by atoms with Gasteiger partial charge in [0.2, 0.25) is 0 Å². The van der Waals surface area contributed by atoms with E-state index in [0.717, 1.165) is 23.3 Å². The van der Waals surface area contributed by atoms with Crippen LogP contribution in [0.2, 0.25) is 0 Å². The molecule has 4 rings (SSSR count). The van der Waals surface area contributed by atoms with Gasteiger partial charge in [0.1, 0.15) is 15.0 Å². The molecule has 1 aliphatic rings. The lowest BCUT2D eigenvalue weighted by Crippen LogP contribution is -2.29. The van der Waals surface area contributed by atoms with Crippen molar-refractivity contribution in [2.24, 2.45) is 0 Å². The van der Waals surface area contributed by atoms with Crippen molar-refractivity contribution in [3.05, 3.63) is 75.0 Å². The van der Waals surface area contributed by atoms with Crippen LogP contribution < -0.4 is 5.56 Å². The number of thiocarbonyl (C=S) groups is 1. The molecule has 1 amide bonds. The van der Waals surface area contributed by atoms with Crippen molar-refractivity contribution in [3.8, 4) is 0 Å². The van der Waals surface area contributed by atoms with Crippen LogP contribution in [0.3, 0.4) is 0 Å². The summed E-state index contributed by atoms with van der Waals surface area (Å²) in [4.78, 5) is 34.9. The molecule has 0 aliphatic carbocycles. The Bertz CT molecular complexity index is 1390. The SMILES string of the molecule is CCCCCCCCCCCCN1C(=O)C(=Cc2c(Sc3ccccc3)nc3c(C)cccn3c2=O)SC1=S. The Morgan fingerprint density at radius 3 is 2.28 bits per heavy atom. The van der Waals surface area contributed by atoms with Crippen LogP contribution >= 0.6 is 35.7 Å². The monoisotopic (exact) mass is 579 g/mol. The summed E-state index contributed by atoms with van der Waals surface area (Å²) < 4.78 is 2.12. The van der Waals surface area contributed by atoms with Crippen LogP contribution in [0.25, 0.3) is 11.7 Å². The van der Waals surface area contributed by atoms with Crippen molar-refractivity contribution in [3.63, 3.8) is 0 Å². The lowest BCUT2D eigenvalue weighted by atomic mass is 10.1.